The number of nitrogens with zero attached hydrogens (tertiary/aromatic N) is 1. The van der Waals surface area contributed by atoms with Gasteiger partial charge in [0.25, 0.3) is 0 Å². The minimum atomic E-state index is -0.318. The number of hydrogen-bond acceptors (Lipinski definition) is 4. The Morgan fingerprint density at radius 2 is 1.32 bits per heavy atom. The molecule has 1 aliphatic rings. The van der Waals surface area contributed by atoms with E-state index in [4.69, 9.17) is 9.47 Å². The van der Waals surface area contributed by atoms with Crippen molar-refractivity contribution in [2.75, 3.05) is 40.9 Å². The van der Waals surface area contributed by atoms with Crippen molar-refractivity contribution in [1.29, 1.82) is 0 Å². The maximum Gasteiger partial charge on any atom is 0.310 e. The third-order valence-corrected chi connectivity index (χ3v) is 3.04. The van der Waals surface area contributed by atoms with Gasteiger partial charge in [-0.3, -0.25) is 9.59 Å². The van der Waals surface area contributed by atoms with E-state index < -0.39 is 0 Å². The van der Waals surface area contributed by atoms with Crippen LogP contribution in [0.25, 0.3) is 0 Å². The highest BCUT2D eigenvalue weighted by atomic mass is 127. The van der Waals surface area contributed by atoms with E-state index in [2.05, 4.69) is 0 Å². The van der Waals surface area contributed by atoms with Crippen molar-refractivity contribution in [3.63, 3.8) is 0 Å². The second-order valence-corrected chi connectivity index (χ2v) is 5.69. The van der Waals surface area contributed by atoms with Crippen LogP contribution in [0.2, 0.25) is 0 Å². The van der Waals surface area contributed by atoms with E-state index in [1.54, 1.807) is 13.8 Å². The highest BCUT2D eigenvalue weighted by molar-refractivity contribution is 5.88. The molecule has 0 amide bonds. The van der Waals surface area contributed by atoms with E-state index in [0.29, 0.717) is 13.2 Å². The molecule has 0 radical (unpaired) electrons. The first kappa shape index (κ1) is 18.6. The summed E-state index contributed by atoms with van der Waals surface area (Å²) in [5.74, 6) is -1.13. The first-order valence-corrected chi connectivity index (χ1v) is 6.45. The van der Waals surface area contributed by atoms with Crippen LogP contribution in [0.5, 0.6) is 0 Å². The third kappa shape index (κ3) is 5.25. The second kappa shape index (κ2) is 7.42. The minimum absolute atomic E-state index is 0. The molecule has 5 nitrogen and oxygen atoms in total. The number of carbonyl (C=O) groups excluding carboxylic acids is 2. The molecule has 0 heterocycles. The number of hydrogen-bond donors (Lipinski definition) is 0. The molecular formula is C13H24INO4. The summed E-state index contributed by atoms with van der Waals surface area (Å²) in [6.07, 6.45) is 0. The molecule has 6 heteroatoms. The van der Waals surface area contributed by atoms with Gasteiger partial charge in [-0.25, -0.2) is 0 Å². The molecule has 1 aliphatic carbocycles. The molecule has 0 aromatic heterocycles. The summed E-state index contributed by atoms with van der Waals surface area (Å²) in [6, 6.07) is 0. The first-order valence-electron chi connectivity index (χ1n) is 6.45. The normalized spacial score (nSPS) is 25.2. The van der Waals surface area contributed by atoms with Crippen molar-refractivity contribution < 1.29 is 47.5 Å². The van der Waals surface area contributed by atoms with Crippen LogP contribution in [0.1, 0.15) is 13.8 Å². The van der Waals surface area contributed by atoms with Gasteiger partial charge in [0, 0.05) is 5.92 Å². The van der Waals surface area contributed by atoms with Gasteiger partial charge in [-0.15, -0.1) is 0 Å². The molecule has 0 unspecified atom stereocenters. The second-order valence-electron chi connectivity index (χ2n) is 5.69. The highest BCUT2D eigenvalue weighted by Gasteiger charge is 2.62. The molecule has 0 aromatic carbocycles. The fourth-order valence-corrected chi connectivity index (χ4v) is 2.35. The van der Waals surface area contributed by atoms with Gasteiger partial charge in [0.2, 0.25) is 0 Å². The van der Waals surface area contributed by atoms with E-state index in [-0.39, 0.29) is 53.7 Å². The molecule has 1 saturated carbocycles. The van der Waals surface area contributed by atoms with Crippen molar-refractivity contribution in [2.45, 2.75) is 13.8 Å². The van der Waals surface area contributed by atoms with Gasteiger partial charge in [0.05, 0.1) is 52.7 Å². The Labute approximate surface area is 132 Å². The number of rotatable bonds is 6. The number of quaternary nitrogens is 1. The van der Waals surface area contributed by atoms with Crippen LogP contribution in [0.15, 0.2) is 0 Å². The molecule has 0 spiro atoms. The Morgan fingerprint density at radius 1 is 0.947 bits per heavy atom. The van der Waals surface area contributed by atoms with E-state index in [0.717, 1.165) is 11.0 Å². The summed E-state index contributed by atoms with van der Waals surface area (Å²) < 4.78 is 10.7. The summed E-state index contributed by atoms with van der Waals surface area (Å²) in [7, 11) is 6.13. The fraction of sp³-hybridized carbons (Fsp3) is 0.846. The predicted molar refractivity (Wildman–Crippen MR) is 66.6 cm³/mol. The quantitative estimate of drug-likeness (QED) is 0.293. The van der Waals surface area contributed by atoms with E-state index in [1.165, 1.54) is 0 Å². The zero-order valence-corrected chi connectivity index (χ0v) is 14.5. The molecule has 112 valence electrons. The van der Waals surface area contributed by atoms with E-state index >= 15 is 0 Å². The summed E-state index contributed by atoms with van der Waals surface area (Å²) in [5.41, 5.74) is 0. The van der Waals surface area contributed by atoms with Crippen molar-refractivity contribution in [3.8, 4) is 0 Å². The minimum Gasteiger partial charge on any atom is -1.00 e. The summed E-state index contributed by atoms with van der Waals surface area (Å²) in [5, 5.41) is 0. The van der Waals surface area contributed by atoms with Crippen molar-refractivity contribution in [2.24, 2.45) is 17.8 Å². The average molecular weight is 385 g/mol. The molecule has 0 aliphatic heterocycles. The van der Waals surface area contributed by atoms with Crippen LogP contribution in [0.4, 0.5) is 0 Å². The zero-order chi connectivity index (χ0) is 13.9. The van der Waals surface area contributed by atoms with Gasteiger partial charge < -0.3 is 37.9 Å². The lowest BCUT2D eigenvalue weighted by Gasteiger charge is -2.23. The van der Waals surface area contributed by atoms with Crippen LogP contribution in [-0.4, -0.2) is 57.3 Å². The lowest BCUT2D eigenvalue weighted by atomic mass is 10.3. The van der Waals surface area contributed by atoms with Gasteiger partial charge >= 0.3 is 11.9 Å². The lowest BCUT2D eigenvalue weighted by molar-refractivity contribution is -0.872. The van der Waals surface area contributed by atoms with Crippen LogP contribution < -0.4 is 24.0 Å². The van der Waals surface area contributed by atoms with Crippen LogP contribution in [-0.2, 0) is 19.1 Å². The molecule has 19 heavy (non-hydrogen) atoms. The van der Waals surface area contributed by atoms with E-state index in [1.807, 2.05) is 21.1 Å². The SMILES string of the molecule is CCOC(=O)[C@H]1C(C[N+](C)(C)C)[C@@H]1C(=O)OCC.[I-]. The molecule has 1 rings (SSSR count). The predicted octanol–water partition coefficient (Wildman–Crippen LogP) is -2.31. The van der Waals surface area contributed by atoms with Gasteiger partial charge in [0.15, 0.2) is 0 Å². The smallest absolute Gasteiger partial charge is 0.310 e. The van der Waals surface area contributed by atoms with Gasteiger partial charge in [-0.05, 0) is 13.8 Å². The summed E-state index contributed by atoms with van der Waals surface area (Å²) in [6.45, 7) is 5.01. The fourth-order valence-electron chi connectivity index (χ4n) is 2.35. The van der Waals surface area contributed by atoms with Crippen molar-refractivity contribution in [3.05, 3.63) is 0 Å². The van der Waals surface area contributed by atoms with Crippen LogP contribution >= 0.6 is 0 Å². The molecule has 0 N–H and O–H groups in total. The number of esters is 2. The number of ether oxygens (including phenoxy) is 2. The van der Waals surface area contributed by atoms with Crippen molar-refractivity contribution >= 4 is 11.9 Å². The van der Waals surface area contributed by atoms with E-state index in [9.17, 15) is 9.59 Å². The van der Waals surface area contributed by atoms with Crippen molar-refractivity contribution in [1.82, 2.24) is 0 Å². The zero-order valence-electron chi connectivity index (χ0n) is 12.3. The monoisotopic (exact) mass is 385 g/mol. The standard InChI is InChI=1S/C13H24NO4.HI/c1-6-17-12(15)10-9(8-14(3,4)5)11(10)13(16)18-7-2;/h9-11H,6-8H2,1-5H3;1H/q+1;/p-1/t10-,11-;/m0./s1. The van der Waals surface area contributed by atoms with Gasteiger partial charge in [0.1, 0.15) is 0 Å². The van der Waals surface area contributed by atoms with Gasteiger partial charge in [-0.1, -0.05) is 0 Å². The maximum atomic E-state index is 11.8. The highest BCUT2D eigenvalue weighted by Crippen LogP contribution is 2.48. The topological polar surface area (TPSA) is 52.6 Å². The molecule has 1 fully saturated rings. The van der Waals surface area contributed by atoms with Crippen LogP contribution in [0, 0.1) is 17.8 Å². The van der Waals surface area contributed by atoms with Crippen LogP contribution in [0.3, 0.4) is 0 Å². The third-order valence-electron chi connectivity index (χ3n) is 3.04. The Hall–Kier alpha value is -0.370. The maximum absolute atomic E-state index is 11.8. The molecule has 0 bridgehead atoms. The summed E-state index contributed by atoms with van der Waals surface area (Å²) >= 11 is 0. The molecule has 0 saturated heterocycles. The average Bonchev–Trinajstić information content (AvgIpc) is 2.90. The Morgan fingerprint density at radius 3 is 1.58 bits per heavy atom. The molecule has 0 aromatic rings. The largest absolute Gasteiger partial charge is 1.00 e. The summed E-state index contributed by atoms with van der Waals surface area (Å²) in [4.78, 5) is 23.6. The molecule has 2 atom stereocenters. The van der Waals surface area contributed by atoms with Gasteiger partial charge in [-0.2, -0.15) is 0 Å². The molecular weight excluding hydrogens is 361 g/mol. The number of carbonyl (C=O) groups is 2. The first-order chi connectivity index (χ1) is 8.31. The number of halogens is 1. The Kier molecular flexibility index (Phi) is 7.28. The lowest BCUT2D eigenvalue weighted by Crippen LogP contribution is -3.00. The Balaban J connectivity index is 0.00000324. The Bertz CT molecular complexity index is 303.